The Kier molecular flexibility index (Phi) is 4.24. The zero-order valence-corrected chi connectivity index (χ0v) is 11.1. The van der Waals surface area contributed by atoms with Gasteiger partial charge < -0.3 is 4.74 Å². The molecule has 0 aromatic heterocycles. The van der Waals surface area contributed by atoms with Crippen molar-refractivity contribution in [3.63, 3.8) is 0 Å². The summed E-state index contributed by atoms with van der Waals surface area (Å²) in [6.45, 7) is 5.90. The molecule has 1 saturated heterocycles. The van der Waals surface area contributed by atoms with Crippen LogP contribution in [0.4, 0.5) is 0 Å². The predicted molar refractivity (Wildman–Crippen MR) is 71.9 cm³/mol. The van der Waals surface area contributed by atoms with Gasteiger partial charge >= 0.3 is 0 Å². The van der Waals surface area contributed by atoms with E-state index in [1.54, 1.807) is 11.8 Å². The Morgan fingerprint density at radius 2 is 2.00 bits per heavy atom. The molecule has 0 N–H and O–H groups in total. The number of carbonyl (C=O) groups is 1. The summed E-state index contributed by atoms with van der Waals surface area (Å²) in [4.78, 5) is 11.9. The minimum Gasteiger partial charge on any atom is -0.379 e. The summed E-state index contributed by atoms with van der Waals surface area (Å²) in [5, 5.41) is 0.522. The number of rotatable bonds is 5. The Hall–Kier alpha value is -0.800. The molecule has 3 heteroatoms. The van der Waals surface area contributed by atoms with Crippen molar-refractivity contribution in [2.75, 3.05) is 19.0 Å². The fourth-order valence-electron chi connectivity index (χ4n) is 1.64. The Bertz CT molecular complexity index is 380. The topological polar surface area (TPSA) is 26.3 Å². The number of thioether (sulfide) groups is 1. The molecule has 0 spiro atoms. The first kappa shape index (κ1) is 12.7. The lowest BCUT2D eigenvalue weighted by atomic mass is 10.0. The van der Waals surface area contributed by atoms with E-state index in [2.05, 4.69) is 26.0 Å². The third kappa shape index (κ3) is 3.33. The monoisotopic (exact) mass is 250 g/mol. The van der Waals surface area contributed by atoms with Gasteiger partial charge in [-0.2, -0.15) is 0 Å². The molecule has 1 fully saturated rings. The van der Waals surface area contributed by atoms with Crippen LogP contribution in [0.15, 0.2) is 24.3 Å². The molecule has 0 unspecified atom stereocenters. The van der Waals surface area contributed by atoms with E-state index >= 15 is 0 Å². The molecule has 0 aliphatic carbocycles. The summed E-state index contributed by atoms with van der Waals surface area (Å²) in [5.74, 6) is 1.30. The van der Waals surface area contributed by atoms with Gasteiger partial charge in [-0.3, -0.25) is 4.79 Å². The summed E-state index contributed by atoms with van der Waals surface area (Å²) < 4.78 is 5.08. The Balaban J connectivity index is 1.89. The maximum absolute atomic E-state index is 11.9. The van der Waals surface area contributed by atoms with Crippen molar-refractivity contribution in [1.29, 1.82) is 0 Å². The van der Waals surface area contributed by atoms with E-state index in [1.807, 2.05) is 12.1 Å². The van der Waals surface area contributed by atoms with Crippen LogP contribution in [-0.2, 0) is 4.74 Å². The molecule has 1 aromatic rings. The van der Waals surface area contributed by atoms with Crippen LogP contribution >= 0.6 is 11.8 Å². The summed E-state index contributed by atoms with van der Waals surface area (Å²) in [6.07, 6.45) is 0. The zero-order chi connectivity index (χ0) is 12.3. The van der Waals surface area contributed by atoms with Crippen molar-refractivity contribution in [1.82, 2.24) is 0 Å². The van der Waals surface area contributed by atoms with Crippen LogP contribution in [0.5, 0.6) is 0 Å². The molecular formula is C14H18O2S. The van der Waals surface area contributed by atoms with Crippen LogP contribution in [0.3, 0.4) is 0 Å². The number of ether oxygens (including phenoxy) is 1. The van der Waals surface area contributed by atoms with Gasteiger partial charge in [-0.25, -0.2) is 0 Å². The summed E-state index contributed by atoms with van der Waals surface area (Å²) in [6, 6.07) is 7.98. The molecule has 0 radical (unpaired) electrons. The average molecular weight is 250 g/mol. The van der Waals surface area contributed by atoms with Gasteiger partial charge in [0.2, 0.25) is 0 Å². The van der Waals surface area contributed by atoms with Gasteiger partial charge in [0.1, 0.15) is 0 Å². The van der Waals surface area contributed by atoms with Gasteiger partial charge in [-0.1, -0.05) is 38.1 Å². The SMILES string of the molecule is CC(C)c1ccc(C(=O)CSC2COC2)cc1. The highest BCUT2D eigenvalue weighted by Gasteiger charge is 2.20. The van der Waals surface area contributed by atoms with Crippen molar-refractivity contribution in [2.45, 2.75) is 25.0 Å². The molecule has 1 aliphatic rings. The number of Topliss-reactive ketones (excluding diaryl/α,β-unsaturated/α-hetero) is 1. The third-order valence-electron chi connectivity index (χ3n) is 2.96. The van der Waals surface area contributed by atoms with Crippen LogP contribution in [0.25, 0.3) is 0 Å². The average Bonchev–Trinajstić information content (AvgIpc) is 2.27. The van der Waals surface area contributed by atoms with Gasteiger partial charge in [0.25, 0.3) is 0 Å². The van der Waals surface area contributed by atoms with E-state index in [1.165, 1.54) is 5.56 Å². The lowest BCUT2D eigenvalue weighted by Gasteiger charge is -2.24. The van der Waals surface area contributed by atoms with Crippen LogP contribution in [-0.4, -0.2) is 30.0 Å². The minimum atomic E-state index is 0.220. The van der Waals surface area contributed by atoms with E-state index in [4.69, 9.17) is 4.74 Å². The lowest BCUT2D eigenvalue weighted by molar-refractivity contribution is 0.0455. The maximum atomic E-state index is 11.9. The quantitative estimate of drug-likeness (QED) is 0.751. The number of hydrogen-bond acceptors (Lipinski definition) is 3. The normalized spacial score (nSPS) is 15.9. The smallest absolute Gasteiger partial charge is 0.172 e. The first-order chi connectivity index (χ1) is 8.16. The van der Waals surface area contributed by atoms with Gasteiger partial charge in [-0.05, 0) is 11.5 Å². The summed E-state index contributed by atoms with van der Waals surface area (Å²) in [7, 11) is 0. The Morgan fingerprint density at radius 1 is 1.35 bits per heavy atom. The van der Waals surface area contributed by atoms with Crippen molar-refractivity contribution in [3.8, 4) is 0 Å². The van der Waals surface area contributed by atoms with Crippen LogP contribution in [0.1, 0.15) is 35.7 Å². The van der Waals surface area contributed by atoms with Gasteiger partial charge in [0.05, 0.1) is 24.2 Å². The molecule has 0 bridgehead atoms. The largest absolute Gasteiger partial charge is 0.379 e. The molecule has 0 amide bonds. The molecule has 0 saturated carbocycles. The molecular weight excluding hydrogens is 232 g/mol. The van der Waals surface area contributed by atoms with Crippen molar-refractivity contribution < 1.29 is 9.53 Å². The van der Waals surface area contributed by atoms with Gasteiger partial charge in [0, 0.05) is 5.56 Å². The standard InChI is InChI=1S/C14H18O2S/c1-10(2)11-3-5-12(6-4-11)14(15)9-17-13-7-16-8-13/h3-6,10,13H,7-9H2,1-2H3. The second-order valence-corrected chi connectivity index (χ2v) is 5.96. The maximum Gasteiger partial charge on any atom is 0.172 e. The molecule has 2 nitrogen and oxygen atoms in total. The second kappa shape index (κ2) is 5.69. The number of carbonyl (C=O) groups excluding carboxylic acids is 1. The van der Waals surface area contributed by atoms with Crippen LogP contribution < -0.4 is 0 Å². The lowest BCUT2D eigenvalue weighted by Crippen LogP contribution is -2.31. The summed E-state index contributed by atoms with van der Waals surface area (Å²) in [5.41, 5.74) is 2.10. The third-order valence-corrected chi connectivity index (χ3v) is 4.13. The summed E-state index contributed by atoms with van der Waals surface area (Å²) >= 11 is 1.70. The number of hydrogen-bond donors (Lipinski definition) is 0. The molecule has 1 aromatic carbocycles. The first-order valence-electron chi connectivity index (χ1n) is 5.99. The molecule has 17 heavy (non-hydrogen) atoms. The first-order valence-corrected chi connectivity index (χ1v) is 7.04. The van der Waals surface area contributed by atoms with E-state index in [0.29, 0.717) is 16.9 Å². The fraction of sp³-hybridized carbons (Fsp3) is 0.500. The fourth-order valence-corrected chi connectivity index (χ4v) is 2.58. The highest BCUT2D eigenvalue weighted by molar-refractivity contribution is 8.00. The molecule has 0 atom stereocenters. The molecule has 1 aliphatic heterocycles. The zero-order valence-electron chi connectivity index (χ0n) is 10.3. The number of ketones is 1. The number of benzene rings is 1. The second-order valence-electron chi connectivity index (χ2n) is 4.67. The minimum absolute atomic E-state index is 0.220. The highest BCUT2D eigenvalue weighted by Crippen LogP contribution is 2.21. The van der Waals surface area contributed by atoms with Crippen molar-refractivity contribution >= 4 is 17.5 Å². The van der Waals surface area contributed by atoms with Crippen LogP contribution in [0.2, 0.25) is 0 Å². The van der Waals surface area contributed by atoms with E-state index in [0.717, 1.165) is 18.8 Å². The Labute approximate surface area is 107 Å². The Morgan fingerprint density at radius 3 is 2.47 bits per heavy atom. The predicted octanol–water partition coefficient (Wildman–Crippen LogP) is 3.12. The molecule has 1 heterocycles. The van der Waals surface area contributed by atoms with Gasteiger partial charge in [-0.15, -0.1) is 11.8 Å². The van der Waals surface area contributed by atoms with E-state index in [-0.39, 0.29) is 5.78 Å². The highest BCUT2D eigenvalue weighted by atomic mass is 32.2. The van der Waals surface area contributed by atoms with Crippen molar-refractivity contribution in [2.24, 2.45) is 0 Å². The van der Waals surface area contributed by atoms with Crippen molar-refractivity contribution in [3.05, 3.63) is 35.4 Å². The van der Waals surface area contributed by atoms with Crippen LogP contribution in [0, 0.1) is 0 Å². The van der Waals surface area contributed by atoms with E-state index in [9.17, 15) is 4.79 Å². The molecule has 92 valence electrons. The van der Waals surface area contributed by atoms with Gasteiger partial charge in [0.15, 0.2) is 5.78 Å². The van der Waals surface area contributed by atoms with E-state index < -0.39 is 0 Å². The molecule has 2 rings (SSSR count).